The first-order valence-corrected chi connectivity index (χ1v) is 5.92. The number of nitrogens with zero attached hydrogens (tertiary/aromatic N) is 2. The van der Waals surface area contributed by atoms with Crippen molar-refractivity contribution in [3.8, 4) is 0 Å². The number of thioether (sulfide) groups is 1. The lowest BCUT2D eigenvalue weighted by Gasteiger charge is -2.19. The van der Waals surface area contributed by atoms with Crippen molar-refractivity contribution in [3.05, 3.63) is 18.0 Å². The number of amides is 1. The monoisotopic (exact) mass is 241 g/mol. The lowest BCUT2D eigenvalue weighted by molar-refractivity contribution is -0.147. The molecule has 0 radical (unpaired) electrons. The van der Waals surface area contributed by atoms with Crippen LogP contribution in [0, 0.1) is 0 Å². The van der Waals surface area contributed by atoms with Crippen molar-refractivity contribution < 1.29 is 14.7 Å². The van der Waals surface area contributed by atoms with Gasteiger partial charge in [-0.1, -0.05) is 0 Å². The molecule has 2 rings (SSSR count). The van der Waals surface area contributed by atoms with E-state index in [2.05, 4.69) is 10.2 Å². The number of aliphatic carboxylic acids is 1. The molecular formula is C9H11N3O3S. The molecule has 1 aliphatic rings. The molecule has 0 spiro atoms. The Labute approximate surface area is 96.0 Å². The van der Waals surface area contributed by atoms with Crippen LogP contribution in [0.15, 0.2) is 12.3 Å². The number of carboxylic acid groups (broad SMARTS) is 1. The van der Waals surface area contributed by atoms with Crippen LogP contribution in [0.3, 0.4) is 0 Å². The largest absolute Gasteiger partial charge is 0.480 e. The second-order valence-corrected chi connectivity index (χ2v) is 4.48. The fourth-order valence-electron chi connectivity index (χ4n) is 1.54. The lowest BCUT2D eigenvalue weighted by atomic mass is 10.2. The third kappa shape index (κ3) is 2.19. The molecule has 1 atom stereocenters. The summed E-state index contributed by atoms with van der Waals surface area (Å²) in [7, 11) is 0. The van der Waals surface area contributed by atoms with Gasteiger partial charge in [0.15, 0.2) is 0 Å². The molecule has 6 nitrogen and oxygen atoms in total. The number of aromatic amines is 1. The Bertz CT molecular complexity index is 393. The zero-order chi connectivity index (χ0) is 11.5. The Morgan fingerprint density at radius 2 is 2.50 bits per heavy atom. The van der Waals surface area contributed by atoms with Gasteiger partial charge in [-0.2, -0.15) is 5.10 Å². The van der Waals surface area contributed by atoms with Crippen LogP contribution in [-0.4, -0.2) is 49.8 Å². The molecule has 1 aromatic rings. The predicted octanol–water partition coefficient (Wildman–Crippen LogP) is -0.0617. The number of nitrogens with one attached hydrogen (secondary N) is 1. The first-order valence-electron chi connectivity index (χ1n) is 4.77. The van der Waals surface area contributed by atoms with Crippen LogP contribution >= 0.6 is 11.8 Å². The van der Waals surface area contributed by atoms with Crippen LogP contribution in [0.2, 0.25) is 0 Å². The number of H-pyrrole nitrogens is 1. The molecule has 1 aliphatic heterocycles. The van der Waals surface area contributed by atoms with E-state index in [4.69, 9.17) is 5.11 Å². The zero-order valence-corrected chi connectivity index (χ0v) is 9.24. The second kappa shape index (κ2) is 4.56. The highest BCUT2D eigenvalue weighted by molar-refractivity contribution is 7.99. The molecule has 0 aliphatic carbocycles. The molecule has 0 aromatic carbocycles. The smallest absolute Gasteiger partial charge is 0.327 e. The van der Waals surface area contributed by atoms with Gasteiger partial charge in [-0.15, -0.1) is 11.8 Å². The number of hydrogen-bond acceptors (Lipinski definition) is 4. The summed E-state index contributed by atoms with van der Waals surface area (Å²) in [6.07, 6.45) is 1.74. The SMILES string of the molecule is O=C(O)[C@@H]1CSCN1C(=O)Cc1ccn[nH]1. The van der Waals surface area contributed by atoms with Gasteiger partial charge >= 0.3 is 5.97 Å². The first kappa shape index (κ1) is 11.0. The molecule has 16 heavy (non-hydrogen) atoms. The van der Waals surface area contributed by atoms with Crippen molar-refractivity contribution in [3.63, 3.8) is 0 Å². The van der Waals surface area contributed by atoms with Crippen molar-refractivity contribution in [2.75, 3.05) is 11.6 Å². The molecule has 1 fully saturated rings. The maximum Gasteiger partial charge on any atom is 0.327 e. The molecule has 0 bridgehead atoms. The summed E-state index contributed by atoms with van der Waals surface area (Å²) >= 11 is 1.46. The quantitative estimate of drug-likeness (QED) is 0.774. The third-order valence-corrected chi connectivity index (χ3v) is 3.40. The topological polar surface area (TPSA) is 86.3 Å². The normalized spacial score (nSPS) is 20.0. The molecule has 0 saturated carbocycles. The van der Waals surface area contributed by atoms with Gasteiger partial charge in [0.1, 0.15) is 6.04 Å². The molecule has 86 valence electrons. The van der Waals surface area contributed by atoms with Crippen molar-refractivity contribution in [2.24, 2.45) is 0 Å². The first-order chi connectivity index (χ1) is 7.68. The molecular weight excluding hydrogens is 230 g/mol. The minimum atomic E-state index is -0.942. The number of carboxylic acids is 1. The Balaban J connectivity index is 2.01. The van der Waals surface area contributed by atoms with Gasteiger partial charge < -0.3 is 10.0 Å². The van der Waals surface area contributed by atoms with E-state index in [0.29, 0.717) is 17.3 Å². The van der Waals surface area contributed by atoms with Crippen LogP contribution in [0.25, 0.3) is 0 Å². The van der Waals surface area contributed by atoms with E-state index in [1.807, 2.05) is 0 Å². The minimum Gasteiger partial charge on any atom is -0.480 e. The van der Waals surface area contributed by atoms with E-state index in [1.165, 1.54) is 16.7 Å². The average molecular weight is 241 g/mol. The third-order valence-electron chi connectivity index (χ3n) is 2.39. The number of rotatable bonds is 3. The summed E-state index contributed by atoms with van der Waals surface area (Å²) in [5.41, 5.74) is 0.700. The van der Waals surface area contributed by atoms with Gasteiger partial charge in [0, 0.05) is 17.6 Å². The highest BCUT2D eigenvalue weighted by Gasteiger charge is 2.34. The summed E-state index contributed by atoms with van der Waals surface area (Å²) in [5, 5.41) is 15.4. The summed E-state index contributed by atoms with van der Waals surface area (Å²) in [6.45, 7) is 0. The number of carbonyl (C=O) groups excluding carboxylic acids is 1. The molecule has 0 unspecified atom stereocenters. The summed E-state index contributed by atoms with van der Waals surface area (Å²) in [6, 6.07) is 1.01. The number of aromatic nitrogens is 2. The van der Waals surface area contributed by atoms with Crippen molar-refractivity contribution in [2.45, 2.75) is 12.5 Å². The van der Waals surface area contributed by atoms with E-state index in [9.17, 15) is 9.59 Å². The van der Waals surface area contributed by atoms with Crippen molar-refractivity contribution >= 4 is 23.6 Å². The molecule has 2 heterocycles. The van der Waals surface area contributed by atoms with Crippen LogP contribution in [-0.2, 0) is 16.0 Å². The summed E-state index contributed by atoms with van der Waals surface area (Å²) in [4.78, 5) is 24.1. The molecule has 2 N–H and O–H groups in total. The minimum absolute atomic E-state index is 0.171. The fraction of sp³-hybridized carbons (Fsp3) is 0.444. The number of hydrogen-bond donors (Lipinski definition) is 2. The lowest BCUT2D eigenvalue weighted by Crippen LogP contribution is -2.42. The van der Waals surface area contributed by atoms with E-state index in [0.717, 1.165) is 0 Å². The maximum atomic E-state index is 11.8. The van der Waals surface area contributed by atoms with Gasteiger partial charge in [-0.05, 0) is 6.07 Å². The Morgan fingerprint density at radius 3 is 3.12 bits per heavy atom. The van der Waals surface area contributed by atoms with Crippen molar-refractivity contribution in [1.29, 1.82) is 0 Å². The summed E-state index contributed by atoms with van der Waals surface area (Å²) < 4.78 is 0. The van der Waals surface area contributed by atoms with Crippen LogP contribution in [0.5, 0.6) is 0 Å². The number of carbonyl (C=O) groups is 2. The second-order valence-electron chi connectivity index (χ2n) is 3.48. The van der Waals surface area contributed by atoms with Gasteiger partial charge in [0.05, 0.1) is 12.3 Å². The molecule has 1 aromatic heterocycles. The summed E-state index contributed by atoms with van der Waals surface area (Å²) in [5.74, 6) is -0.210. The maximum absolute atomic E-state index is 11.8. The van der Waals surface area contributed by atoms with Gasteiger partial charge in [-0.25, -0.2) is 4.79 Å². The Kier molecular flexibility index (Phi) is 3.14. The van der Waals surface area contributed by atoms with E-state index in [1.54, 1.807) is 12.3 Å². The van der Waals surface area contributed by atoms with Gasteiger partial charge in [0.2, 0.25) is 5.91 Å². The Hall–Kier alpha value is -1.50. The van der Waals surface area contributed by atoms with Crippen LogP contribution in [0.1, 0.15) is 5.69 Å². The van der Waals surface area contributed by atoms with Crippen molar-refractivity contribution in [1.82, 2.24) is 15.1 Å². The van der Waals surface area contributed by atoms with E-state index in [-0.39, 0.29) is 12.3 Å². The predicted molar refractivity (Wildman–Crippen MR) is 57.9 cm³/mol. The molecule has 7 heteroatoms. The zero-order valence-electron chi connectivity index (χ0n) is 8.42. The standard InChI is InChI=1S/C9H11N3O3S/c13-8(3-6-1-2-10-11-6)12-5-16-4-7(12)9(14)15/h1-2,7H,3-5H2,(H,10,11)(H,14,15)/t7-/m0/s1. The van der Waals surface area contributed by atoms with Crippen LogP contribution < -0.4 is 0 Å². The highest BCUT2D eigenvalue weighted by Crippen LogP contribution is 2.21. The van der Waals surface area contributed by atoms with Gasteiger partial charge in [-0.3, -0.25) is 9.89 Å². The Morgan fingerprint density at radius 1 is 1.69 bits per heavy atom. The van der Waals surface area contributed by atoms with E-state index >= 15 is 0 Å². The highest BCUT2D eigenvalue weighted by atomic mass is 32.2. The molecule has 1 saturated heterocycles. The van der Waals surface area contributed by atoms with E-state index < -0.39 is 12.0 Å². The fourth-order valence-corrected chi connectivity index (χ4v) is 2.71. The molecule has 1 amide bonds. The van der Waals surface area contributed by atoms with Gasteiger partial charge in [0.25, 0.3) is 0 Å². The van der Waals surface area contributed by atoms with Crippen LogP contribution in [0.4, 0.5) is 0 Å². The average Bonchev–Trinajstić information content (AvgIpc) is 2.86.